The molecule has 3 rings (SSSR count). The molecule has 3 N–H and O–H groups in total. The molecule has 198 valence electrons. The summed E-state index contributed by atoms with van der Waals surface area (Å²) in [5.41, 5.74) is 0.143. The minimum atomic E-state index is -1.06. The highest BCUT2D eigenvalue weighted by Gasteiger charge is 2.31. The average Bonchev–Trinajstić information content (AvgIpc) is 3.26. The number of likely N-dealkylation sites (tertiary alicyclic amines) is 1. The lowest BCUT2D eigenvalue weighted by atomic mass is 9.98. The van der Waals surface area contributed by atoms with Crippen molar-refractivity contribution in [2.24, 2.45) is 5.92 Å². The number of piperidine rings is 1. The van der Waals surface area contributed by atoms with Crippen LogP contribution in [0.1, 0.15) is 84.5 Å². The second-order valence-electron chi connectivity index (χ2n) is 10.0. The molecule has 0 aliphatic carbocycles. The topological polar surface area (TPSA) is 107 Å². The van der Waals surface area contributed by atoms with Crippen LogP contribution in [0.4, 0.5) is 8.78 Å². The maximum Gasteiger partial charge on any atom is 0.243 e. The zero-order valence-corrected chi connectivity index (χ0v) is 21.5. The summed E-state index contributed by atoms with van der Waals surface area (Å²) in [6.07, 6.45) is 4.51. The van der Waals surface area contributed by atoms with Gasteiger partial charge in [0.1, 0.15) is 23.2 Å². The number of amides is 3. The third kappa shape index (κ3) is 7.01. The molecule has 0 saturated carbocycles. The van der Waals surface area contributed by atoms with Crippen molar-refractivity contribution in [1.82, 2.24) is 25.5 Å². The monoisotopic (exact) mass is 505 g/mol. The van der Waals surface area contributed by atoms with E-state index in [-0.39, 0.29) is 47.6 Å². The van der Waals surface area contributed by atoms with Crippen molar-refractivity contribution >= 4 is 28.8 Å². The third-order valence-corrected chi connectivity index (χ3v) is 6.69. The molecular formula is C26H37F2N5O3. The highest BCUT2D eigenvalue weighted by molar-refractivity contribution is 5.92. The highest BCUT2D eigenvalue weighted by atomic mass is 19.1. The number of fused-ring (bicyclic) bond motifs is 1. The van der Waals surface area contributed by atoms with Crippen LogP contribution in [-0.4, -0.2) is 51.2 Å². The fourth-order valence-electron chi connectivity index (χ4n) is 4.59. The predicted molar refractivity (Wildman–Crippen MR) is 133 cm³/mol. The molecule has 1 aromatic carbocycles. The molecule has 3 amide bonds. The summed E-state index contributed by atoms with van der Waals surface area (Å²) < 4.78 is 27.6. The fraction of sp³-hybridized carbons (Fsp3) is 0.615. The number of nitrogens with one attached hydrogen (secondary N) is 3. The summed E-state index contributed by atoms with van der Waals surface area (Å²) in [6.45, 7) is 8.33. The van der Waals surface area contributed by atoms with E-state index in [1.807, 2.05) is 25.7 Å². The van der Waals surface area contributed by atoms with Gasteiger partial charge in [0.05, 0.1) is 18.0 Å². The van der Waals surface area contributed by atoms with E-state index in [1.165, 1.54) is 0 Å². The number of hydrogen-bond acceptors (Lipinski definition) is 4. The van der Waals surface area contributed by atoms with Crippen LogP contribution in [0.5, 0.6) is 0 Å². The lowest BCUT2D eigenvalue weighted by Gasteiger charge is -2.36. The van der Waals surface area contributed by atoms with E-state index < -0.39 is 29.6 Å². The molecule has 1 fully saturated rings. The number of benzene rings is 1. The molecule has 3 atom stereocenters. The summed E-state index contributed by atoms with van der Waals surface area (Å²) >= 11 is 0. The van der Waals surface area contributed by atoms with Gasteiger partial charge in [-0.15, -0.1) is 0 Å². The number of rotatable bonds is 10. The van der Waals surface area contributed by atoms with E-state index in [0.29, 0.717) is 18.9 Å². The van der Waals surface area contributed by atoms with Crippen LogP contribution in [0.25, 0.3) is 11.0 Å². The molecule has 2 aromatic rings. The number of aromatic amines is 1. The van der Waals surface area contributed by atoms with Gasteiger partial charge in [-0.1, -0.05) is 20.8 Å². The Balaban J connectivity index is 1.74. The van der Waals surface area contributed by atoms with Gasteiger partial charge < -0.3 is 20.5 Å². The number of halogens is 2. The van der Waals surface area contributed by atoms with Gasteiger partial charge in [-0.25, -0.2) is 13.8 Å². The van der Waals surface area contributed by atoms with E-state index in [0.717, 1.165) is 37.8 Å². The van der Waals surface area contributed by atoms with Crippen molar-refractivity contribution in [3.8, 4) is 0 Å². The van der Waals surface area contributed by atoms with Crippen molar-refractivity contribution in [3.63, 3.8) is 0 Å². The first kappa shape index (κ1) is 27.5. The van der Waals surface area contributed by atoms with E-state index in [2.05, 4.69) is 20.6 Å². The molecule has 10 heteroatoms. The second kappa shape index (κ2) is 12.3. The lowest BCUT2D eigenvalue weighted by molar-refractivity contribution is -0.139. The Hall–Kier alpha value is -3.04. The zero-order chi connectivity index (χ0) is 26.4. The van der Waals surface area contributed by atoms with E-state index >= 15 is 0 Å². The van der Waals surface area contributed by atoms with E-state index in [9.17, 15) is 23.2 Å². The van der Waals surface area contributed by atoms with Gasteiger partial charge in [-0.2, -0.15) is 0 Å². The summed E-state index contributed by atoms with van der Waals surface area (Å²) in [7, 11) is 0. The first-order valence-corrected chi connectivity index (χ1v) is 12.8. The predicted octanol–water partition coefficient (Wildman–Crippen LogP) is 4.12. The SMILES string of the molecule is CC[C@H]1CCCCN1C(=O)C[C@H](NC(=O)CCC(C)C)C(=O)N[C@@H](C)c1nc2c(F)cc(F)cc2[nH]1. The Kier molecular flexibility index (Phi) is 9.39. The standard InChI is InChI=1S/C26H37F2N5O3/c1-5-18-8-6-7-11-33(18)23(35)14-21(30-22(34)10-9-15(2)3)26(36)29-16(4)25-31-20-13-17(27)12-19(28)24(20)32-25/h12-13,15-16,18,21H,5-11,14H2,1-4H3,(H,29,36)(H,30,34)(H,31,32)/t16-,18-,21-/m0/s1. The maximum atomic E-state index is 14.1. The Morgan fingerprint density at radius 3 is 2.61 bits per heavy atom. The van der Waals surface area contributed by atoms with Gasteiger partial charge in [0.15, 0.2) is 5.82 Å². The van der Waals surface area contributed by atoms with Crippen LogP contribution in [0.2, 0.25) is 0 Å². The molecule has 2 heterocycles. The molecule has 0 unspecified atom stereocenters. The molecule has 1 aliphatic heterocycles. The van der Waals surface area contributed by atoms with Crippen molar-refractivity contribution in [2.75, 3.05) is 6.54 Å². The number of carbonyl (C=O) groups is 3. The fourth-order valence-corrected chi connectivity index (χ4v) is 4.59. The van der Waals surface area contributed by atoms with E-state index in [4.69, 9.17) is 0 Å². The molecule has 1 aliphatic rings. The number of imidazole rings is 1. The molecular weight excluding hydrogens is 468 g/mol. The first-order chi connectivity index (χ1) is 17.1. The summed E-state index contributed by atoms with van der Waals surface area (Å²) in [4.78, 5) is 47.8. The molecule has 8 nitrogen and oxygen atoms in total. The van der Waals surface area contributed by atoms with E-state index in [1.54, 1.807) is 6.92 Å². The van der Waals surface area contributed by atoms with Crippen LogP contribution in [0, 0.1) is 17.6 Å². The van der Waals surface area contributed by atoms with Crippen molar-refractivity contribution in [1.29, 1.82) is 0 Å². The van der Waals surface area contributed by atoms with Gasteiger partial charge in [-0.05, 0) is 51.0 Å². The van der Waals surface area contributed by atoms with Crippen LogP contribution < -0.4 is 10.6 Å². The lowest BCUT2D eigenvalue weighted by Crippen LogP contribution is -2.52. The Labute approximate surface area is 210 Å². The largest absolute Gasteiger partial charge is 0.345 e. The second-order valence-corrected chi connectivity index (χ2v) is 10.0. The van der Waals surface area contributed by atoms with Gasteiger partial charge in [0.25, 0.3) is 0 Å². The average molecular weight is 506 g/mol. The molecule has 1 aromatic heterocycles. The van der Waals surface area contributed by atoms with Crippen LogP contribution in [-0.2, 0) is 14.4 Å². The van der Waals surface area contributed by atoms with Gasteiger partial charge >= 0.3 is 0 Å². The molecule has 0 radical (unpaired) electrons. The Bertz CT molecular complexity index is 1090. The molecule has 1 saturated heterocycles. The van der Waals surface area contributed by atoms with Gasteiger partial charge in [0.2, 0.25) is 17.7 Å². The first-order valence-electron chi connectivity index (χ1n) is 12.8. The number of carbonyl (C=O) groups excluding carboxylic acids is 3. The maximum absolute atomic E-state index is 14.1. The quantitative estimate of drug-likeness (QED) is 0.452. The smallest absolute Gasteiger partial charge is 0.243 e. The number of H-pyrrole nitrogens is 1. The van der Waals surface area contributed by atoms with Gasteiger partial charge in [0, 0.05) is 25.1 Å². The summed E-state index contributed by atoms with van der Waals surface area (Å²) in [5.74, 6) is -1.98. The number of aromatic nitrogens is 2. The summed E-state index contributed by atoms with van der Waals surface area (Å²) in [6, 6.07) is 0.252. The van der Waals surface area contributed by atoms with Crippen LogP contribution in [0.3, 0.4) is 0 Å². The molecule has 36 heavy (non-hydrogen) atoms. The highest BCUT2D eigenvalue weighted by Crippen LogP contribution is 2.22. The summed E-state index contributed by atoms with van der Waals surface area (Å²) in [5, 5.41) is 5.50. The van der Waals surface area contributed by atoms with Gasteiger partial charge in [-0.3, -0.25) is 14.4 Å². The Morgan fingerprint density at radius 2 is 1.92 bits per heavy atom. The zero-order valence-electron chi connectivity index (χ0n) is 21.5. The van der Waals surface area contributed by atoms with Crippen molar-refractivity contribution in [3.05, 3.63) is 29.6 Å². The minimum Gasteiger partial charge on any atom is -0.345 e. The number of nitrogens with zero attached hydrogens (tertiary/aromatic N) is 2. The normalized spacial score (nSPS) is 17.8. The third-order valence-electron chi connectivity index (χ3n) is 6.69. The van der Waals surface area contributed by atoms with Crippen molar-refractivity contribution < 1.29 is 23.2 Å². The minimum absolute atomic E-state index is 0.0306. The number of hydrogen-bond donors (Lipinski definition) is 3. The van der Waals surface area contributed by atoms with Crippen LogP contribution >= 0.6 is 0 Å². The van der Waals surface area contributed by atoms with Crippen molar-refractivity contribution in [2.45, 2.75) is 90.8 Å². The van der Waals surface area contributed by atoms with Crippen LogP contribution in [0.15, 0.2) is 12.1 Å². The molecule has 0 bridgehead atoms. The molecule has 0 spiro atoms. The Morgan fingerprint density at radius 1 is 1.17 bits per heavy atom.